The standard InChI is InChI=1S/H3NO2.H2O/c1-3-2;/h2H,1H2;1H2. The van der Waals surface area contributed by atoms with E-state index in [0.717, 1.165) is 0 Å². The van der Waals surface area contributed by atoms with Crippen LogP contribution in [0.2, 0.25) is 0 Å². The molecule has 0 spiro atoms. The highest BCUT2D eigenvalue weighted by molar-refractivity contribution is 2.97. The first-order chi connectivity index (χ1) is 1.41. The third-order valence-electron chi connectivity index (χ3n) is 0. The highest BCUT2D eigenvalue weighted by Crippen LogP contribution is 1.11. The molecular formula is H5NO3. The van der Waals surface area contributed by atoms with Gasteiger partial charge < -0.3 is 5.48 Å². The second-order valence-electron chi connectivity index (χ2n) is 0.105. The van der Waals surface area contributed by atoms with Crippen LogP contribution in [0.4, 0.5) is 0 Å². The van der Waals surface area contributed by atoms with Gasteiger partial charge in [-0.05, 0) is 0 Å². The highest BCUT2D eigenvalue weighted by atomic mass is 17.2. The molecule has 4 heavy (non-hydrogen) atoms. The molecule has 0 saturated carbocycles. The van der Waals surface area contributed by atoms with Crippen molar-refractivity contribution in [3.63, 3.8) is 0 Å². The predicted octanol–water partition coefficient (Wildman–Crippen LogP) is -1.48. The molecule has 0 aliphatic rings. The average Bonchev–Trinajstić information content (AvgIpc) is 0.918. The van der Waals surface area contributed by atoms with Crippen LogP contribution in [0.25, 0.3) is 0 Å². The molecule has 0 aromatic carbocycles. The molecule has 0 amide bonds. The van der Waals surface area contributed by atoms with Crippen LogP contribution in [0.3, 0.4) is 0 Å². The zero-order valence-corrected chi connectivity index (χ0v) is 1.93. The lowest BCUT2D eigenvalue weighted by Gasteiger charge is -1.59. The maximum Gasteiger partial charge on any atom is -0.149 e. The maximum absolute atomic E-state index is 6.85. The zero-order valence-electron chi connectivity index (χ0n) is 1.93. The number of rotatable bonds is 0. The van der Waals surface area contributed by atoms with Gasteiger partial charge in [0.1, 0.15) is 0 Å². The van der Waals surface area contributed by atoms with Crippen LogP contribution >= 0.6 is 0 Å². The van der Waals surface area contributed by atoms with E-state index in [9.17, 15) is 0 Å². The van der Waals surface area contributed by atoms with Gasteiger partial charge in [-0.25, -0.2) is 5.26 Å². The predicted molar refractivity (Wildman–Crippen MR) is 11.5 cm³/mol. The van der Waals surface area contributed by atoms with Crippen LogP contribution in [-0.2, 0) is 4.99 Å². The molecule has 0 fully saturated rings. The Morgan fingerprint density at radius 1 is 1.75 bits per heavy atom. The van der Waals surface area contributed by atoms with Gasteiger partial charge in [-0.2, -0.15) is 5.90 Å². The van der Waals surface area contributed by atoms with Crippen molar-refractivity contribution < 1.29 is 15.7 Å². The fourth-order valence-electron chi connectivity index (χ4n) is 0. The van der Waals surface area contributed by atoms with Gasteiger partial charge in [-0.1, -0.05) is 0 Å². The Kier molecular flexibility index (Phi) is 31.2. The lowest BCUT2D eigenvalue weighted by molar-refractivity contribution is -0.247. The van der Waals surface area contributed by atoms with E-state index in [1.54, 1.807) is 0 Å². The Hall–Kier alpha value is -0.160. The summed E-state index contributed by atoms with van der Waals surface area (Å²) in [5.41, 5.74) is 0. The largest absolute Gasteiger partial charge is 0.412 e. The number of hydrogen-bond donors (Lipinski definition) is 2. The van der Waals surface area contributed by atoms with Gasteiger partial charge in [0.15, 0.2) is 0 Å². The van der Waals surface area contributed by atoms with E-state index in [0.29, 0.717) is 0 Å². The molecule has 5 N–H and O–H groups in total. The molecule has 4 nitrogen and oxygen atoms in total. The molecule has 0 saturated heterocycles. The highest BCUT2D eigenvalue weighted by Gasteiger charge is 1.24. The van der Waals surface area contributed by atoms with E-state index in [1.165, 1.54) is 0 Å². The van der Waals surface area contributed by atoms with E-state index in [1.807, 2.05) is 0 Å². The second kappa shape index (κ2) is 13.6. The van der Waals surface area contributed by atoms with Gasteiger partial charge in [0.25, 0.3) is 0 Å². The number of hydrogen-bond acceptors (Lipinski definition) is 3. The minimum Gasteiger partial charge on any atom is -0.412 e. The summed E-state index contributed by atoms with van der Waals surface area (Å²) in [7, 11) is 0. The van der Waals surface area contributed by atoms with Gasteiger partial charge in [-0.3, -0.25) is 0 Å². The third-order valence-corrected chi connectivity index (χ3v) is 0. The van der Waals surface area contributed by atoms with Crippen LogP contribution < -0.4 is 5.90 Å². The van der Waals surface area contributed by atoms with Crippen LogP contribution in [0, 0.1) is 0 Å². The van der Waals surface area contributed by atoms with Crippen molar-refractivity contribution in [3.05, 3.63) is 0 Å². The van der Waals surface area contributed by atoms with Crippen LogP contribution in [0.5, 0.6) is 0 Å². The summed E-state index contributed by atoms with van der Waals surface area (Å²) in [6.07, 6.45) is 0. The normalized spacial score (nSPS) is 4.50. The molecule has 0 aromatic heterocycles. The van der Waals surface area contributed by atoms with Gasteiger partial charge >= 0.3 is 0 Å². The van der Waals surface area contributed by atoms with Crippen molar-refractivity contribution in [2.75, 3.05) is 0 Å². The molecule has 0 aromatic rings. The molecule has 28 valence electrons. The van der Waals surface area contributed by atoms with Crippen LogP contribution in [0.1, 0.15) is 0 Å². The minimum absolute atomic E-state index is 0. The summed E-state index contributed by atoms with van der Waals surface area (Å²) in [5.74, 6) is 3.90. The van der Waals surface area contributed by atoms with E-state index in [4.69, 9.17) is 5.26 Å². The van der Waals surface area contributed by atoms with E-state index in [-0.39, 0.29) is 5.48 Å². The van der Waals surface area contributed by atoms with Crippen LogP contribution in [0.15, 0.2) is 0 Å². The van der Waals surface area contributed by atoms with Crippen molar-refractivity contribution in [2.24, 2.45) is 5.90 Å². The zero-order chi connectivity index (χ0) is 2.71. The van der Waals surface area contributed by atoms with Crippen molar-refractivity contribution in [3.8, 4) is 0 Å². The molecule has 0 radical (unpaired) electrons. The summed E-state index contributed by atoms with van der Waals surface area (Å²) < 4.78 is 0. The Balaban J connectivity index is 0. The van der Waals surface area contributed by atoms with E-state index < -0.39 is 0 Å². The summed E-state index contributed by atoms with van der Waals surface area (Å²) in [6, 6.07) is 0. The Bertz CT molecular complexity index is 3.25. The monoisotopic (exact) mass is 67.0 g/mol. The molecule has 4 heteroatoms. The fourth-order valence-corrected chi connectivity index (χ4v) is 0. The first kappa shape index (κ1) is 9.15. The van der Waals surface area contributed by atoms with E-state index in [2.05, 4.69) is 10.9 Å². The van der Waals surface area contributed by atoms with Gasteiger partial charge in [-0.15, -0.1) is 4.99 Å². The van der Waals surface area contributed by atoms with Crippen molar-refractivity contribution in [2.45, 2.75) is 0 Å². The topological polar surface area (TPSA) is 87.0 Å². The smallest absolute Gasteiger partial charge is 0.149 e. The molecule has 0 bridgehead atoms. The molecule has 0 aliphatic carbocycles. The van der Waals surface area contributed by atoms with Crippen molar-refractivity contribution in [1.29, 1.82) is 0 Å². The first-order valence-electron chi connectivity index (χ1n) is 0.418. The molecule has 0 atom stereocenters. The summed E-state index contributed by atoms with van der Waals surface area (Å²) in [6.45, 7) is 0. The average molecular weight is 67.0 g/mol. The summed E-state index contributed by atoms with van der Waals surface area (Å²) in [4.78, 5) is 2.75. The van der Waals surface area contributed by atoms with Crippen molar-refractivity contribution in [1.82, 2.24) is 0 Å². The molecule has 0 unspecified atom stereocenters. The van der Waals surface area contributed by atoms with Gasteiger partial charge in [0, 0.05) is 0 Å². The quantitative estimate of drug-likeness (QED) is 0.267. The first-order valence-corrected chi connectivity index (χ1v) is 0.418. The minimum atomic E-state index is 0. The summed E-state index contributed by atoms with van der Waals surface area (Å²) in [5, 5.41) is 6.85. The van der Waals surface area contributed by atoms with Gasteiger partial charge in [0.2, 0.25) is 0 Å². The second-order valence-corrected chi connectivity index (χ2v) is 0.105. The Morgan fingerprint density at radius 2 is 1.75 bits per heavy atom. The summed E-state index contributed by atoms with van der Waals surface area (Å²) >= 11 is 0. The SMILES string of the molecule is NOO.O. The lowest BCUT2D eigenvalue weighted by atomic mass is 13.5. The maximum atomic E-state index is 6.85. The van der Waals surface area contributed by atoms with E-state index >= 15 is 0 Å². The molecule has 0 rings (SSSR count). The van der Waals surface area contributed by atoms with Crippen LogP contribution in [-0.4, -0.2) is 10.7 Å². The molecule has 0 heterocycles. The molecular weight excluding hydrogens is 62.0 g/mol. The fraction of sp³-hybridized carbons (Fsp3) is 0. The third kappa shape index (κ3) is 50.7. The Labute approximate surface area is 23.0 Å². The number of nitrogens with two attached hydrogens (primary N) is 1. The molecule has 0 aliphatic heterocycles. The lowest BCUT2D eigenvalue weighted by Crippen LogP contribution is -1.87. The Morgan fingerprint density at radius 3 is 1.75 bits per heavy atom. The van der Waals surface area contributed by atoms with Crippen molar-refractivity contribution >= 4 is 0 Å². The van der Waals surface area contributed by atoms with Gasteiger partial charge in [0.05, 0.1) is 0 Å².